The molecule has 22 heavy (non-hydrogen) atoms. The van der Waals surface area contributed by atoms with Crippen LogP contribution in [-0.2, 0) is 4.79 Å². The van der Waals surface area contributed by atoms with E-state index in [9.17, 15) is 9.90 Å². The fourth-order valence-corrected chi connectivity index (χ4v) is 2.22. The van der Waals surface area contributed by atoms with E-state index in [2.05, 4.69) is 5.32 Å². The first kappa shape index (κ1) is 16.2. The normalized spacial score (nSPS) is 12.2. The van der Waals surface area contributed by atoms with E-state index < -0.39 is 6.10 Å². The number of benzene rings is 2. The topological polar surface area (TPSA) is 52.6 Å². The van der Waals surface area contributed by atoms with E-state index in [0.29, 0.717) is 6.54 Å². The molecule has 2 aromatic carbocycles. The zero-order chi connectivity index (χ0) is 15.9. The molecule has 4 nitrogen and oxygen atoms in total. The molecule has 0 spiro atoms. The second kappa shape index (κ2) is 7.73. The van der Waals surface area contributed by atoms with Crippen LogP contribution in [0.5, 0.6) is 0 Å². The molecule has 116 valence electrons. The summed E-state index contributed by atoms with van der Waals surface area (Å²) in [5.41, 5.74) is 2.79. The maximum Gasteiger partial charge on any atom is 0.238 e. The largest absolute Gasteiger partial charge is 0.387 e. The lowest BCUT2D eigenvalue weighted by molar-refractivity contribution is -0.117. The second-order valence-electron chi connectivity index (χ2n) is 5.54. The summed E-state index contributed by atoms with van der Waals surface area (Å²) in [6, 6.07) is 17.1. The predicted octanol–water partition coefficient (Wildman–Crippen LogP) is 2.60. The molecule has 4 heteroatoms. The van der Waals surface area contributed by atoms with Gasteiger partial charge in [-0.2, -0.15) is 0 Å². The molecule has 0 aliphatic rings. The number of aryl methyl sites for hydroxylation is 1. The molecule has 1 amide bonds. The molecule has 0 saturated heterocycles. The summed E-state index contributed by atoms with van der Waals surface area (Å²) in [4.78, 5) is 13.8. The van der Waals surface area contributed by atoms with Crippen molar-refractivity contribution >= 4 is 11.6 Å². The molecule has 0 radical (unpaired) electrons. The molecule has 1 unspecified atom stereocenters. The molecule has 0 fully saturated rings. The molecule has 0 aromatic heterocycles. The molecule has 0 aliphatic heterocycles. The van der Waals surface area contributed by atoms with Gasteiger partial charge in [0.1, 0.15) is 0 Å². The highest BCUT2D eigenvalue weighted by atomic mass is 16.3. The van der Waals surface area contributed by atoms with E-state index >= 15 is 0 Å². The van der Waals surface area contributed by atoms with Crippen molar-refractivity contribution in [1.82, 2.24) is 4.90 Å². The predicted molar refractivity (Wildman–Crippen MR) is 88.7 cm³/mol. The van der Waals surface area contributed by atoms with Gasteiger partial charge in [0.25, 0.3) is 0 Å². The molecule has 2 rings (SSSR count). The molecule has 1 atom stereocenters. The first-order valence-corrected chi connectivity index (χ1v) is 7.32. The summed E-state index contributed by atoms with van der Waals surface area (Å²) in [6.45, 7) is 2.65. The maximum absolute atomic E-state index is 12.0. The number of carbonyl (C=O) groups is 1. The van der Waals surface area contributed by atoms with Crippen LogP contribution in [0.3, 0.4) is 0 Å². The average Bonchev–Trinajstić information content (AvgIpc) is 2.50. The fourth-order valence-electron chi connectivity index (χ4n) is 2.22. The third kappa shape index (κ3) is 4.98. The number of carbonyl (C=O) groups excluding carboxylic acids is 1. The molecule has 0 bridgehead atoms. The Kier molecular flexibility index (Phi) is 5.69. The quantitative estimate of drug-likeness (QED) is 0.862. The van der Waals surface area contributed by atoms with Crippen LogP contribution in [0.2, 0.25) is 0 Å². The first-order chi connectivity index (χ1) is 10.5. The molecule has 0 aliphatic carbocycles. The molecule has 2 N–H and O–H groups in total. The standard InChI is InChI=1S/C18H22N2O2/c1-14-8-10-16(11-9-14)19-18(22)13-20(2)12-17(21)15-6-4-3-5-7-15/h3-11,17,21H,12-13H2,1-2H3,(H,19,22). The van der Waals surface area contributed by atoms with Gasteiger partial charge in [-0.05, 0) is 31.7 Å². The molecule has 0 saturated carbocycles. The van der Waals surface area contributed by atoms with Gasteiger partial charge < -0.3 is 10.4 Å². The van der Waals surface area contributed by atoms with Gasteiger partial charge in [0.15, 0.2) is 0 Å². The molecular weight excluding hydrogens is 276 g/mol. The van der Waals surface area contributed by atoms with Gasteiger partial charge in [0, 0.05) is 12.2 Å². The van der Waals surface area contributed by atoms with Crippen molar-refractivity contribution in [3.8, 4) is 0 Å². The Hall–Kier alpha value is -2.17. The molecule has 2 aromatic rings. The Balaban J connectivity index is 1.82. The van der Waals surface area contributed by atoms with Crippen LogP contribution < -0.4 is 5.32 Å². The lowest BCUT2D eigenvalue weighted by Gasteiger charge is -2.20. The maximum atomic E-state index is 12.0. The number of nitrogens with zero attached hydrogens (tertiary/aromatic N) is 1. The number of rotatable bonds is 6. The summed E-state index contributed by atoms with van der Waals surface area (Å²) >= 11 is 0. The van der Waals surface area contributed by atoms with Gasteiger partial charge in [-0.3, -0.25) is 9.69 Å². The minimum atomic E-state index is -0.599. The molecule has 0 heterocycles. The van der Waals surface area contributed by atoms with E-state index in [-0.39, 0.29) is 12.5 Å². The van der Waals surface area contributed by atoms with E-state index in [1.54, 1.807) is 4.90 Å². The van der Waals surface area contributed by atoms with Crippen LogP contribution in [0.15, 0.2) is 54.6 Å². The van der Waals surface area contributed by atoms with Gasteiger partial charge in [0.2, 0.25) is 5.91 Å². The lowest BCUT2D eigenvalue weighted by atomic mass is 10.1. The summed E-state index contributed by atoms with van der Waals surface area (Å²) in [5.74, 6) is -0.0911. The van der Waals surface area contributed by atoms with Crippen LogP contribution >= 0.6 is 0 Å². The second-order valence-corrected chi connectivity index (χ2v) is 5.54. The van der Waals surface area contributed by atoms with Crippen LogP contribution in [-0.4, -0.2) is 36.1 Å². The highest BCUT2D eigenvalue weighted by molar-refractivity contribution is 5.92. The van der Waals surface area contributed by atoms with Crippen molar-refractivity contribution in [3.63, 3.8) is 0 Å². The number of amides is 1. The average molecular weight is 298 g/mol. The Labute approximate surface area is 131 Å². The highest BCUT2D eigenvalue weighted by Crippen LogP contribution is 2.13. The Morgan fingerprint density at radius 1 is 1.14 bits per heavy atom. The van der Waals surface area contributed by atoms with Crippen LogP contribution in [0.25, 0.3) is 0 Å². The van der Waals surface area contributed by atoms with Crippen molar-refractivity contribution < 1.29 is 9.90 Å². The van der Waals surface area contributed by atoms with Crippen molar-refractivity contribution in [2.75, 3.05) is 25.5 Å². The SMILES string of the molecule is Cc1ccc(NC(=O)CN(C)CC(O)c2ccccc2)cc1. The number of nitrogens with one attached hydrogen (secondary N) is 1. The van der Waals surface area contributed by atoms with Crippen molar-refractivity contribution in [1.29, 1.82) is 0 Å². The fraction of sp³-hybridized carbons (Fsp3) is 0.278. The minimum Gasteiger partial charge on any atom is -0.387 e. The summed E-state index contributed by atoms with van der Waals surface area (Å²) < 4.78 is 0. The number of aliphatic hydroxyl groups is 1. The van der Waals surface area contributed by atoms with Crippen LogP contribution in [0.1, 0.15) is 17.2 Å². The van der Waals surface area contributed by atoms with Crippen molar-refractivity contribution in [2.24, 2.45) is 0 Å². The smallest absolute Gasteiger partial charge is 0.238 e. The van der Waals surface area contributed by atoms with E-state index in [0.717, 1.165) is 16.8 Å². The summed E-state index contributed by atoms with van der Waals surface area (Å²) in [5, 5.41) is 13.0. The third-order valence-electron chi connectivity index (χ3n) is 3.42. The lowest BCUT2D eigenvalue weighted by Crippen LogP contribution is -2.33. The zero-order valence-electron chi connectivity index (χ0n) is 13.0. The monoisotopic (exact) mass is 298 g/mol. The summed E-state index contributed by atoms with van der Waals surface area (Å²) in [6.07, 6.45) is -0.599. The number of anilines is 1. The minimum absolute atomic E-state index is 0.0911. The Morgan fingerprint density at radius 3 is 2.41 bits per heavy atom. The number of hydrogen-bond donors (Lipinski definition) is 2. The Morgan fingerprint density at radius 2 is 1.77 bits per heavy atom. The Bertz CT molecular complexity index is 596. The number of aliphatic hydroxyl groups excluding tert-OH is 1. The zero-order valence-corrected chi connectivity index (χ0v) is 13.0. The van der Waals surface area contributed by atoms with Crippen molar-refractivity contribution in [3.05, 3.63) is 65.7 Å². The van der Waals surface area contributed by atoms with Gasteiger partial charge in [-0.15, -0.1) is 0 Å². The highest BCUT2D eigenvalue weighted by Gasteiger charge is 2.13. The first-order valence-electron chi connectivity index (χ1n) is 7.32. The van der Waals surface area contributed by atoms with Gasteiger partial charge in [-0.25, -0.2) is 0 Å². The van der Waals surface area contributed by atoms with Gasteiger partial charge >= 0.3 is 0 Å². The summed E-state index contributed by atoms with van der Waals surface area (Å²) in [7, 11) is 1.82. The molecular formula is C18H22N2O2. The van der Waals surface area contributed by atoms with E-state index in [1.165, 1.54) is 0 Å². The number of likely N-dealkylation sites (N-methyl/N-ethyl adjacent to an activating group) is 1. The third-order valence-corrected chi connectivity index (χ3v) is 3.42. The van der Waals surface area contributed by atoms with Crippen molar-refractivity contribution in [2.45, 2.75) is 13.0 Å². The van der Waals surface area contributed by atoms with Gasteiger partial charge in [0.05, 0.1) is 12.6 Å². The van der Waals surface area contributed by atoms with Crippen LogP contribution in [0, 0.1) is 6.92 Å². The van der Waals surface area contributed by atoms with Crippen LogP contribution in [0.4, 0.5) is 5.69 Å². The van der Waals surface area contributed by atoms with E-state index in [1.807, 2.05) is 68.6 Å². The van der Waals surface area contributed by atoms with Gasteiger partial charge in [-0.1, -0.05) is 48.0 Å². The van der Waals surface area contributed by atoms with E-state index in [4.69, 9.17) is 0 Å². The number of hydrogen-bond acceptors (Lipinski definition) is 3.